The van der Waals surface area contributed by atoms with Gasteiger partial charge in [0.2, 0.25) is 5.88 Å². The molecule has 3 saturated heterocycles. The summed E-state index contributed by atoms with van der Waals surface area (Å²) in [4.78, 5) is 42.7. The van der Waals surface area contributed by atoms with E-state index in [1.807, 2.05) is 36.2 Å². The van der Waals surface area contributed by atoms with Crippen LogP contribution in [0.15, 0.2) is 83.9 Å². The van der Waals surface area contributed by atoms with Gasteiger partial charge in [0.25, 0.3) is 21.6 Å². The van der Waals surface area contributed by atoms with Crippen molar-refractivity contribution in [3.63, 3.8) is 0 Å². The molecule has 5 aromatic rings. The number of aromatic amines is 1. The number of hydrogen-bond donors (Lipinski definition) is 4. The van der Waals surface area contributed by atoms with Gasteiger partial charge in [0.1, 0.15) is 28.9 Å². The maximum Gasteiger partial charge on any atom is 0.573 e. The maximum absolute atomic E-state index is 14.7. The van der Waals surface area contributed by atoms with Crippen molar-refractivity contribution >= 4 is 55.4 Å². The molecular weight excluding hydrogens is 996 g/mol. The third-order valence-corrected chi connectivity index (χ3v) is 18.0. The first-order valence-corrected chi connectivity index (χ1v) is 27.3. The van der Waals surface area contributed by atoms with Crippen LogP contribution in [-0.4, -0.2) is 134 Å². The van der Waals surface area contributed by atoms with Gasteiger partial charge in [-0.25, -0.2) is 13.1 Å². The van der Waals surface area contributed by atoms with Crippen molar-refractivity contribution in [2.24, 2.45) is 11.3 Å². The number of aliphatic hydroxyl groups is 1. The molecule has 2 aliphatic carbocycles. The summed E-state index contributed by atoms with van der Waals surface area (Å²) < 4.78 is 88.1. The van der Waals surface area contributed by atoms with E-state index in [0.717, 1.165) is 68.8 Å². The molecule has 2 saturated carbocycles. The molecule has 22 heteroatoms. The molecule has 6 aliphatic rings. The number of anilines is 4. The standard InChI is InChI=1S/C53H62F3N9O9S/c1-51(67)15-11-33(12-16-51)30-58-40-10-8-37(27-43(40)65(68)69)75(70,71)60-49(66)39-9-7-35(26-42(39)64-41-14-24-72-32-47(41)73-50-44(64)25-34-13-19-57-48(34)59-50)62-20-17-52(18-21-62)28-36(29-52)63-23-22-61(2)31-45(63)38-5-3-4-6-46(38)74-53(54,55)56/h3-10,13,19,25-27,33,36,41,45,47,58,67H,11-12,14-18,20-24,28-32H2,1-2H3,(H,57,59)(H,60,66)/t33-,41-,45+,47-,51-/m0/s1. The van der Waals surface area contributed by atoms with Crippen molar-refractivity contribution < 1.29 is 50.6 Å². The smallest absolute Gasteiger partial charge is 0.468 e. The molecule has 6 heterocycles. The Balaban J connectivity index is 0.858. The average Bonchev–Trinajstić information content (AvgIpc) is 3.83. The van der Waals surface area contributed by atoms with Gasteiger partial charge in [-0.15, -0.1) is 13.2 Å². The van der Waals surface area contributed by atoms with Crippen LogP contribution in [0.2, 0.25) is 0 Å². The second kappa shape index (κ2) is 19.7. The number of nitro groups is 1. The van der Waals surface area contributed by atoms with E-state index in [4.69, 9.17) is 14.5 Å². The van der Waals surface area contributed by atoms with E-state index in [2.05, 4.69) is 34.5 Å². The lowest BCUT2D eigenvalue weighted by atomic mass is 9.59. The molecule has 75 heavy (non-hydrogen) atoms. The van der Waals surface area contributed by atoms with Gasteiger partial charge >= 0.3 is 6.36 Å². The Morgan fingerprint density at radius 2 is 1.76 bits per heavy atom. The van der Waals surface area contributed by atoms with E-state index in [1.165, 1.54) is 18.2 Å². The number of carbonyl (C=O) groups excluding carboxylic acids is 1. The minimum atomic E-state index is -4.81. The zero-order chi connectivity index (χ0) is 52.4. The summed E-state index contributed by atoms with van der Waals surface area (Å²) in [6, 6.07) is 18.7. The van der Waals surface area contributed by atoms with Crippen LogP contribution in [0.5, 0.6) is 11.6 Å². The van der Waals surface area contributed by atoms with Crippen LogP contribution in [0.3, 0.4) is 0 Å². The number of hydrogen-bond acceptors (Lipinski definition) is 15. The lowest BCUT2D eigenvalue weighted by molar-refractivity contribution is -0.384. The number of sulfonamides is 1. The summed E-state index contributed by atoms with van der Waals surface area (Å²) >= 11 is 0. The number of piperazine rings is 1. The van der Waals surface area contributed by atoms with Crippen LogP contribution in [0, 0.1) is 21.4 Å². The molecule has 18 nitrogen and oxygen atoms in total. The molecule has 1 amide bonds. The Morgan fingerprint density at radius 1 is 0.987 bits per heavy atom. The molecule has 11 rings (SSSR count). The summed E-state index contributed by atoms with van der Waals surface area (Å²) in [5.74, 6) is -0.620. The third-order valence-electron chi connectivity index (χ3n) is 16.7. The first kappa shape index (κ1) is 50.9. The second-order valence-electron chi connectivity index (χ2n) is 21.7. The number of alkyl halides is 3. The number of carbonyl (C=O) groups is 1. The van der Waals surface area contributed by atoms with Crippen molar-refractivity contribution in [3.8, 4) is 11.6 Å². The number of aromatic nitrogens is 2. The Bertz CT molecular complexity index is 3080. The predicted octanol–water partition coefficient (Wildman–Crippen LogP) is 8.27. The van der Waals surface area contributed by atoms with E-state index < -0.39 is 49.5 Å². The zero-order valence-corrected chi connectivity index (χ0v) is 42.7. The summed E-state index contributed by atoms with van der Waals surface area (Å²) in [7, 11) is -2.69. The van der Waals surface area contributed by atoms with Gasteiger partial charge in [0.15, 0.2) is 0 Å². The fraction of sp³-hybridized carbons (Fsp3) is 0.509. The number of para-hydroxylation sites is 1. The van der Waals surface area contributed by atoms with E-state index in [0.29, 0.717) is 80.5 Å². The van der Waals surface area contributed by atoms with Crippen LogP contribution < -0.4 is 29.3 Å². The van der Waals surface area contributed by atoms with Crippen LogP contribution in [0.25, 0.3) is 11.0 Å². The van der Waals surface area contributed by atoms with Gasteiger partial charge in [-0.3, -0.25) is 19.8 Å². The van der Waals surface area contributed by atoms with Crippen molar-refractivity contribution in [3.05, 3.63) is 100 Å². The first-order chi connectivity index (χ1) is 35.8. The molecule has 2 aromatic heterocycles. The maximum atomic E-state index is 14.7. The number of pyridine rings is 1. The molecule has 4 aliphatic heterocycles. The van der Waals surface area contributed by atoms with Gasteiger partial charge in [-0.1, -0.05) is 18.2 Å². The van der Waals surface area contributed by atoms with E-state index in [1.54, 1.807) is 37.4 Å². The molecule has 400 valence electrons. The molecular formula is C53H62F3N9O9S. The van der Waals surface area contributed by atoms with Gasteiger partial charge in [-0.05, 0) is 132 Å². The number of ether oxygens (including phenoxy) is 3. The molecule has 1 spiro atoms. The number of fused-ring (bicyclic) bond motifs is 3. The van der Waals surface area contributed by atoms with Crippen LogP contribution in [0.4, 0.5) is 41.6 Å². The third kappa shape index (κ3) is 10.4. The zero-order valence-electron chi connectivity index (χ0n) is 41.9. The highest BCUT2D eigenvalue weighted by Crippen LogP contribution is 2.54. The highest BCUT2D eigenvalue weighted by Gasteiger charge is 2.51. The van der Waals surface area contributed by atoms with Crippen molar-refractivity contribution in [2.75, 3.05) is 74.6 Å². The minimum absolute atomic E-state index is 0.0436. The first-order valence-electron chi connectivity index (χ1n) is 25.8. The molecule has 5 fully saturated rings. The normalized spacial score (nSPS) is 25.5. The Kier molecular flexibility index (Phi) is 13.4. The fourth-order valence-electron chi connectivity index (χ4n) is 12.5. The number of halogens is 3. The second-order valence-corrected chi connectivity index (χ2v) is 23.4. The number of H-pyrrole nitrogens is 1. The quantitative estimate of drug-likeness (QED) is 0.0685. The van der Waals surface area contributed by atoms with Crippen LogP contribution >= 0.6 is 0 Å². The van der Waals surface area contributed by atoms with Gasteiger partial charge < -0.3 is 44.3 Å². The highest BCUT2D eigenvalue weighted by atomic mass is 32.2. The summed E-state index contributed by atoms with van der Waals surface area (Å²) in [5.41, 5.74) is 2.00. The fourth-order valence-corrected chi connectivity index (χ4v) is 13.5. The number of amides is 1. The summed E-state index contributed by atoms with van der Waals surface area (Å²) in [6.45, 7) is 6.36. The lowest BCUT2D eigenvalue weighted by Crippen LogP contribution is -2.59. The number of rotatable bonds is 12. The number of nitrogens with one attached hydrogen (secondary N) is 3. The Morgan fingerprint density at radius 3 is 2.52 bits per heavy atom. The van der Waals surface area contributed by atoms with Crippen LogP contribution in [0.1, 0.15) is 86.7 Å². The minimum Gasteiger partial charge on any atom is -0.468 e. The topological polar surface area (TPSA) is 208 Å². The number of piperidine rings is 1. The van der Waals surface area contributed by atoms with Crippen molar-refractivity contribution in [1.29, 1.82) is 0 Å². The Hall–Kier alpha value is -6.20. The number of benzene rings is 3. The predicted molar refractivity (Wildman–Crippen MR) is 274 cm³/mol. The van der Waals surface area contributed by atoms with E-state index in [-0.39, 0.29) is 53.1 Å². The van der Waals surface area contributed by atoms with Crippen LogP contribution in [-0.2, 0) is 14.8 Å². The van der Waals surface area contributed by atoms with E-state index in [9.17, 15) is 41.6 Å². The number of likely N-dealkylation sites (N-methyl/N-ethyl adjacent to an activating group) is 1. The molecule has 0 unspecified atom stereocenters. The largest absolute Gasteiger partial charge is 0.573 e. The SMILES string of the molecule is CN1CCN(C2CC3(CCN(c4ccc(C(=O)NS(=O)(=O)c5ccc(NC[C@H]6CC[C@](C)(O)CC6)c([N+](=O)[O-])c5)c(N5c6cc7cc[nH]c7nc6O[C@H]6COCC[C@@H]65)c4)CC3)C2)[C@@H](c2ccccc2OC(F)(F)F)C1. The van der Waals surface area contributed by atoms with Gasteiger partial charge in [-0.2, -0.15) is 4.98 Å². The van der Waals surface area contributed by atoms with E-state index >= 15 is 0 Å². The molecule has 0 radical (unpaired) electrons. The monoisotopic (exact) mass is 1060 g/mol. The molecule has 0 bridgehead atoms. The number of nitrogens with zero attached hydrogens (tertiary/aromatic N) is 6. The number of nitro benzene ring substituents is 1. The summed E-state index contributed by atoms with van der Waals surface area (Å²) in [6.07, 6.45) is 3.25. The van der Waals surface area contributed by atoms with Gasteiger partial charge in [0.05, 0.1) is 45.4 Å². The molecule has 4 N–H and O–H groups in total. The average molecular weight is 1060 g/mol. The molecule has 3 aromatic carbocycles. The highest BCUT2D eigenvalue weighted by molar-refractivity contribution is 7.90. The molecule has 3 atom stereocenters. The van der Waals surface area contributed by atoms with Crippen molar-refractivity contribution in [1.82, 2.24) is 24.5 Å². The van der Waals surface area contributed by atoms with Gasteiger partial charge in [0, 0.05) is 80.8 Å². The summed E-state index contributed by atoms with van der Waals surface area (Å²) in [5, 5.41) is 26.7. The lowest BCUT2D eigenvalue weighted by Gasteiger charge is -2.58. The van der Waals surface area contributed by atoms with Crippen molar-refractivity contribution in [2.45, 2.75) is 106 Å². The Labute approximate surface area is 432 Å².